The highest BCUT2D eigenvalue weighted by molar-refractivity contribution is 7.93. The number of anilines is 1. The van der Waals surface area contributed by atoms with Gasteiger partial charge in [0.05, 0.1) is 49.8 Å². The van der Waals surface area contributed by atoms with Crippen LogP contribution in [-0.4, -0.2) is 125 Å². The second-order valence-electron chi connectivity index (χ2n) is 13.5. The number of piperidine rings is 1. The van der Waals surface area contributed by atoms with Gasteiger partial charge < -0.3 is 29.2 Å². The van der Waals surface area contributed by atoms with Crippen LogP contribution in [0, 0.1) is 11.3 Å². The zero-order chi connectivity index (χ0) is 37.5. The molecule has 3 saturated heterocycles. The molecule has 1 N–H and O–H groups in total. The largest absolute Gasteiger partial charge is 0.497 e. The van der Waals surface area contributed by atoms with Crippen molar-refractivity contribution < 1.29 is 37.0 Å². The van der Waals surface area contributed by atoms with E-state index in [1.807, 2.05) is 0 Å². The van der Waals surface area contributed by atoms with Gasteiger partial charge in [-0.2, -0.15) is 9.57 Å². The van der Waals surface area contributed by atoms with Gasteiger partial charge in [-0.1, -0.05) is 0 Å². The van der Waals surface area contributed by atoms with Gasteiger partial charge in [-0.15, -0.1) is 0 Å². The van der Waals surface area contributed by atoms with Crippen molar-refractivity contribution in [2.75, 3.05) is 71.5 Å². The molecule has 16 heteroatoms. The number of sulfonamides is 1. The number of aromatic nitrogens is 1. The summed E-state index contributed by atoms with van der Waals surface area (Å²) in [5.41, 5.74) is -1.83. The number of rotatable bonds is 11. The lowest BCUT2D eigenvalue weighted by Gasteiger charge is -2.51. The van der Waals surface area contributed by atoms with Crippen LogP contribution in [0.25, 0.3) is 0 Å². The van der Waals surface area contributed by atoms with Crippen molar-refractivity contribution in [1.29, 1.82) is 5.26 Å². The van der Waals surface area contributed by atoms with Crippen LogP contribution in [-0.2, 0) is 25.1 Å². The van der Waals surface area contributed by atoms with E-state index in [-0.39, 0.29) is 51.6 Å². The van der Waals surface area contributed by atoms with Gasteiger partial charge in [0.25, 0.3) is 15.9 Å². The highest BCUT2D eigenvalue weighted by atomic mass is 32.2. The van der Waals surface area contributed by atoms with E-state index in [1.165, 1.54) is 56.8 Å². The Hall–Kier alpha value is -4.95. The summed E-state index contributed by atoms with van der Waals surface area (Å²) in [5, 5.41) is 12.9. The molecule has 3 aromatic rings. The van der Waals surface area contributed by atoms with E-state index in [9.17, 15) is 18.5 Å². The van der Waals surface area contributed by atoms with Gasteiger partial charge in [-0.25, -0.2) is 18.2 Å². The molecule has 280 valence electrons. The minimum absolute atomic E-state index is 0.0293. The molecule has 0 aliphatic carbocycles. The zero-order valence-electron chi connectivity index (χ0n) is 30.1. The van der Waals surface area contributed by atoms with E-state index in [4.69, 9.17) is 18.9 Å². The van der Waals surface area contributed by atoms with Gasteiger partial charge in [-0.3, -0.25) is 14.6 Å². The molecule has 3 amide bonds. The number of nitriles is 1. The van der Waals surface area contributed by atoms with Gasteiger partial charge in [-0.05, 0) is 62.2 Å². The number of likely N-dealkylation sites (tertiary alicyclic amines) is 3. The third kappa shape index (κ3) is 6.21. The van der Waals surface area contributed by atoms with E-state index < -0.39 is 27.5 Å². The van der Waals surface area contributed by atoms with Crippen molar-refractivity contribution in [3.63, 3.8) is 0 Å². The maximum absolute atomic E-state index is 15.2. The maximum Gasteiger partial charge on any atom is 0.318 e. The highest BCUT2D eigenvalue weighted by Crippen LogP contribution is 2.50. The Balaban J connectivity index is 1.22. The third-order valence-electron chi connectivity index (χ3n) is 10.8. The summed E-state index contributed by atoms with van der Waals surface area (Å²) in [4.78, 5) is 40.0. The van der Waals surface area contributed by atoms with Gasteiger partial charge in [0.15, 0.2) is 5.54 Å². The molecule has 0 bridgehead atoms. The molecular weight excluding hydrogens is 703 g/mol. The molecule has 1 aromatic heterocycles. The fraction of sp³-hybridized carbons (Fsp3) is 0.459. The van der Waals surface area contributed by atoms with Crippen LogP contribution in [0.2, 0.25) is 0 Å². The molecule has 0 spiro atoms. The first-order valence-corrected chi connectivity index (χ1v) is 19.1. The molecule has 1 unspecified atom stereocenters. The summed E-state index contributed by atoms with van der Waals surface area (Å²) in [6.45, 7) is 6.54. The van der Waals surface area contributed by atoms with Crippen LogP contribution < -0.4 is 23.8 Å². The number of ether oxygens (including phenoxy) is 4. The molecule has 5 heterocycles. The standard InChI is InChI=1S/C37H43N7O8S/c1-5-52-34-29(7-6-14-39-34)37(40-36(46)43-20-26(21-43)41-15-12-25(13-16-41)42-22-28(23-42)50-3)30-17-24(19-38)8-10-31(30)44(35(37)45)53(47,48)33-11-9-27(49-2)18-32(33)51-4/h6-11,14,17-18,25-26,28H,5,12-13,15-16,20-23H2,1-4H3,(H,40,46). The molecule has 0 saturated carbocycles. The fourth-order valence-electron chi connectivity index (χ4n) is 7.79. The van der Waals surface area contributed by atoms with Gasteiger partial charge in [0, 0.05) is 76.3 Å². The third-order valence-corrected chi connectivity index (χ3v) is 12.5. The van der Waals surface area contributed by atoms with Crippen LogP contribution in [0.5, 0.6) is 17.4 Å². The minimum Gasteiger partial charge on any atom is -0.497 e. The number of carbonyl (C=O) groups is 2. The second-order valence-corrected chi connectivity index (χ2v) is 15.3. The van der Waals surface area contributed by atoms with Crippen molar-refractivity contribution in [3.05, 3.63) is 71.4 Å². The highest BCUT2D eigenvalue weighted by Gasteiger charge is 2.59. The molecule has 3 fully saturated rings. The predicted octanol–water partition coefficient (Wildman–Crippen LogP) is 2.54. The fourth-order valence-corrected chi connectivity index (χ4v) is 9.39. The van der Waals surface area contributed by atoms with Gasteiger partial charge in [0.1, 0.15) is 16.4 Å². The number of amides is 3. The van der Waals surface area contributed by atoms with E-state index in [1.54, 1.807) is 31.1 Å². The van der Waals surface area contributed by atoms with E-state index >= 15 is 4.79 Å². The van der Waals surface area contributed by atoms with Gasteiger partial charge in [0.2, 0.25) is 5.88 Å². The van der Waals surface area contributed by atoms with Crippen LogP contribution in [0.4, 0.5) is 10.5 Å². The Labute approximate surface area is 309 Å². The molecule has 53 heavy (non-hydrogen) atoms. The number of pyridine rings is 1. The van der Waals surface area contributed by atoms with E-state index in [2.05, 4.69) is 26.2 Å². The van der Waals surface area contributed by atoms with Crippen LogP contribution in [0.15, 0.2) is 59.6 Å². The normalized spacial score (nSPS) is 21.4. The molecule has 1 atom stereocenters. The average Bonchev–Trinajstić information content (AvgIpc) is 3.38. The summed E-state index contributed by atoms with van der Waals surface area (Å²) in [6.07, 6.45) is 3.88. The monoisotopic (exact) mass is 745 g/mol. The number of carbonyl (C=O) groups excluding carboxylic acids is 2. The Morgan fingerprint density at radius 2 is 1.74 bits per heavy atom. The minimum atomic E-state index is -4.70. The number of urea groups is 1. The number of benzene rings is 2. The summed E-state index contributed by atoms with van der Waals surface area (Å²) in [6, 6.07) is 13.7. The summed E-state index contributed by atoms with van der Waals surface area (Å²) >= 11 is 0. The first-order chi connectivity index (χ1) is 25.6. The molecule has 4 aliphatic rings. The van der Waals surface area contributed by atoms with Crippen LogP contribution in [0.1, 0.15) is 36.5 Å². The summed E-state index contributed by atoms with van der Waals surface area (Å²) in [5.74, 6) is -0.672. The number of hydrogen-bond donors (Lipinski definition) is 1. The number of hydrogen-bond acceptors (Lipinski definition) is 12. The summed E-state index contributed by atoms with van der Waals surface area (Å²) in [7, 11) is -0.199. The Bertz CT molecular complexity index is 2040. The topological polar surface area (TPSA) is 167 Å². The maximum atomic E-state index is 15.2. The first-order valence-electron chi connectivity index (χ1n) is 17.6. The molecule has 15 nitrogen and oxygen atoms in total. The molecule has 4 aliphatic heterocycles. The predicted molar refractivity (Wildman–Crippen MR) is 192 cm³/mol. The number of nitrogens with one attached hydrogen (secondary N) is 1. The van der Waals surface area contributed by atoms with Crippen molar-refractivity contribution in [2.24, 2.45) is 0 Å². The lowest BCUT2D eigenvalue weighted by atomic mass is 9.83. The second kappa shape index (κ2) is 14.5. The van der Waals surface area contributed by atoms with Crippen molar-refractivity contribution >= 4 is 27.6 Å². The summed E-state index contributed by atoms with van der Waals surface area (Å²) < 4.78 is 51.9. The lowest BCUT2D eigenvalue weighted by molar-refractivity contribution is -0.121. The average molecular weight is 746 g/mol. The molecule has 2 aromatic carbocycles. The van der Waals surface area contributed by atoms with Crippen LogP contribution >= 0.6 is 0 Å². The Morgan fingerprint density at radius 1 is 0.981 bits per heavy atom. The SMILES string of the molecule is CCOc1ncccc1C1(NC(=O)N2CC(N3CCC(N4CC(OC)C4)CC3)C2)C(=O)N(S(=O)(=O)c2ccc(OC)cc2OC)c2ccc(C#N)cc21. The lowest BCUT2D eigenvalue weighted by Crippen LogP contribution is -2.67. The first kappa shape index (κ1) is 36.4. The number of nitrogens with zero attached hydrogens (tertiary/aromatic N) is 6. The Morgan fingerprint density at radius 3 is 2.40 bits per heavy atom. The van der Waals surface area contributed by atoms with Crippen molar-refractivity contribution in [3.8, 4) is 23.4 Å². The quantitative estimate of drug-likeness (QED) is 0.305. The smallest absolute Gasteiger partial charge is 0.318 e. The van der Waals surface area contributed by atoms with Gasteiger partial charge >= 0.3 is 6.03 Å². The zero-order valence-corrected chi connectivity index (χ0v) is 31.0. The van der Waals surface area contributed by atoms with Crippen LogP contribution in [0.3, 0.4) is 0 Å². The van der Waals surface area contributed by atoms with Crippen molar-refractivity contribution in [1.82, 2.24) is 25.0 Å². The van der Waals surface area contributed by atoms with E-state index in [0.29, 0.717) is 35.3 Å². The molecular formula is C37H43N7O8S. The van der Waals surface area contributed by atoms with Crippen molar-refractivity contribution in [2.45, 2.75) is 48.4 Å². The Kier molecular flexibility index (Phi) is 9.94. The molecule has 7 rings (SSSR count). The van der Waals surface area contributed by atoms with E-state index in [0.717, 1.165) is 39.0 Å². The number of methoxy groups -OCH3 is 3. The number of fused-ring (bicyclic) bond motifs is 1. The molecule has 0 radical (unpaired) electrons.